The van der Waals surface area contributed by atoms with E-state index >= 15 is 0 Å². The molecule has 1 aliphatic carbocycles. The average Bonchev–Trinajstić information content (AvgIpc) is 2.72. The molecule has 3 heteroatoms. The van der Waals surface area contributed by atoms with Gasteiger partial charge in [0.05, 0.1) is 0 Å². The number of rotatable bonds is 10. The number of hydrogen-bond acceptors (Lipinski definition) is 2. The molecule has 0 spiro atoms. The van der Waals surface area contributed by atoms with E-state index in [-0.39, 0.29) is 6.10 Å². The van der Waals surface area contributed by atoms with E-state index in [1.54, 1.807) is 3.58 Å². The molecule has 1 unspecified atom stereocenters. The van der Waals surface area contributed by atoms with Gasteiger partial charge in [-0.3, -0.25) is 0 Å². The number of ether oxygens (including phenoxy) is 1. The van der Waals surface area contributed by atoms with Crippen molar-refractivity contribution in [3.8, 4) is 5.75 Å². The van der Waals surface area contributed by atoms with Crippen LogP contribution in [0.3, 0.4) is 0 Å². The minimum atomic E-state index is -2.44. The van der Waals surface area contributed by atoms with Crippen molar-refractivity contribution in [3.63, 3.8) is 0 Å². The van der Waals surface area contributed by atoms with Crippen LogP contribution >= 0.6 is 0 Å². The molecule has 2 aliphatic rings. The normalized spacial score (nSPS) is 18.9. The molecular weight excluding hydrogens is 451 g/mol. The van der Waals surface area contributed by atoms with Crippen LogP contribution < -0.4 is 8.32 Å². The van der Waals surface area contributed by atoms with E-state index < -0.39 is 18.4 Å². The van der Waals surface area contributed by atoms with E-state index in [0.717, 1.165) is 24.2 Å². The third kappa shape index (κ3) is 4.86. The number of unbranched alkanes of at least 4 members (excludes halogenated alkanes) is 3. The first-order chi connectivity index (χ1) is 13.6. The van der Waals surface area contributed by atoms with Gasteiger partial charge in [-0.2, -0.15) is 0 Å². The summed E-state index contributed by atoms with van der Waals surface area (Å²) in [6.45, 7) is 6.99. The second-order valence-electron chi connectivity index (χ2n) is 8.87. The second-order valence-corrected chi connectivity index (χ2v) is 22.1. The predicted molar refractivity (Wildman–Crippen MR) is 122 cm³/mol. The molecule has 1 atom stereocenters. The van der Waals surface area contributed by atoms with Crippen LogP contribution in [0.25, 0.3) is 6.08 Å². The van der Waals surface area contributed by atoms with Crippen LogP contribution in [-0.2, 0) is 4.79 Å². The summed E-state index contributed by atoms with van der Waals surface area (Å²) in [5, 5.41) is 0. The standard InChI is InChI=1S/C13H11O2.3C4H9.Sn/c14-11-5-3-7-13-10(11)8-9-4-1-2-6-12(9)15-13;3*1-3-4-2;/h2,4,6,8,13H,3,5,7H2;3*1,3-4H2,2H3;. The Labute approximate surface area is 176 Å². The molecule has 0 bridgehead atoms. The molecule has 3 rings (SSSR count). The van der Waals surface area contributed by atoms with E-state index in [4.69, 9.17) is 4.74 Å². The Kier molecular flexibility index (Phi) is 8.08. The Morgan fingerprint density at radius 3 is 2.25 bits per heavy atom. The van der Waals surface area contributed by atoms with Crippen molar-refractivity contribution in [3.05, 3.63) is 29.3 Å². The molecular formula is C25H38O2Sn. The van der Waals surface area contributed by atoms with Gasteiger partial charge in [-0.15, -0.1) is 0 Å². The number of ketones is 1. The predicted octanol–water partition coefficient (Wildman–Crippen LogP) is 6.64. The van der Waals surface area contributed by atoms with Gasteiger partial charge in [-0.1, -0.05) is 0 Å². The van der Waals surface area contributed by atoms with Crippen LogP contribution in [0.2, 0.25) is 13.3 Å². The van der Waals surface area contributed by atoms with Crippen LogP contribution in [0.5, 0.6) is 5.75 Å². The van der Waals surface area contributed by atoms with Gasteiger partial charge in [-0.25, -0.2) is 0 Å². The fourth-order valence-corrected chi connectivity index (χ4v) is 21.0. The molecule has 28 heavy (non-hydrogen) atoms. The molecule has 2 nitrogen and oxygen atoms in total. The Hall–Kier alpha value is -0.771. The second kappa shape index (κ2) is 10.3. The van der Waals surface area contributed by atoms with E-state index in [9.17, 15) is 4.79 Å². The summed E-state index contributed by atoms with van der Waals surface area (Å²) >= 11 is -2.44. The Morgan fingerprint density at radius 2 is 1.64 bits per heavy atom. The summed E-state index contributed by atoms with van der Waals surface area (Å²) in [5.74, 6) is 1.29. The molecule has 0 amide bonds. The average molecular weight is 489 g/mol. The summed E-state index contributed by atoms with van der Waals surface area (Å²) < 4.78 is 12.3. The SMILES string of the molecule is CCC[CH2][Sn]([CH2]CCC)([CH2]CCC)[c]1ccc2c(c1)C=C1C(=O)CCCC1O2. The summed E-state index contributed by atoms with van der Waals surface area (Å²) in [6.07, 6.45) is 12.8. The fourth-order valence-electron chi connectivity index (χ4n) is 5.00. The monoisotopic (exact) mass is 490 g/mol. The van der Waals surface area contributed by atoms with Gasteiger partial charge in [0.1, 0.15) is 0 Å². The van der Waals surface area contributed by atoms with Crippen molar-refractivity contribution in [2.45, 2.75) is 98.0 Å². The quantitative estimate of drug-likeness (QED) is 0.345. The molecule has 0 N–H and O–H groups in total. The molecule has 1 heterocycles. The van der Waals surface area contributed by atoms with Gasteiger partial charge in [0, 0.05) is 0 Å². The first-order valence-corrected chi connectivity index (χ1v) is 19.2. The zero-order valence-electron chi connectivity index (χ0n) is 18.2. The van der Waals surface area contributed by atoms with Crippen molar-refractivity contribution >= 4 is 33.8 Å². The van der Waals surface area contributed by atoms with Crippen LogP contribution in [0.4, 0.5) is 0 Å². The van der Waals surface area contributed by atoms with Crippen molar-refractivity contribution in [1.29, 1.82) is 0 Å². The Morgan fingerprint density at radius 1 is 1.00 bits per heavy atom. The summed E-state index contributed by atoms with van der Waals surface area (Å²) in [5.41, 5.74) is 2.09. The Bertz CT molecular complexity index is 685. The Balaban J connectivity index is 1.97. The summed E-state index contributed by atoms with van der Waals surface area (Å²) in [4.78, 5) is 12.4. The molecule has 0 aromatic heterocycles. The maximum absolute atomic E-state index is 12.4. The van der Waals surface area contributed by atoms with Gasteiger partial charge in [0.25, 0.3) is 0 Å². The topological polar surface area (TPSA) is 26.3 Å². The van der Waals surface area contributed by atoms with Crippen LogP contribution in [0, 0.1) is 0 Å². The maximum atomic E-state index is 12.4. The zero-order valence-corrected chi connectivity index (χ0v) is 21.0. The number of hydrogen-bond donors (Lipinski definition) is 0. The molecule has 1 fully saturated rings. The molecule has 1 saturated carbocycles. The minimum absolute atomic E-state index is 0.00635. The molecule has 1 aromatic carbocycles. The van der Waals surface area contributed by atoms with E-state index in [1.807, 2.05) is 0 Å². The first kappa shape index (κ1) is 21.9. The molecule has 0 radical (unpaired) electrons. The van der Waals surface area contributed by atoms with E-state index in [0.29, 0.717) is 12.2 Å². The van der Waals surface area contributed by atoms with Crippen molar-refractivity contribution < 1.29 is 9.53 Å². The number of benzene rings is 1. The molecule has 1 aromatic rings. The van der Waals surface area contributed by atoms with Crippen molar-refractivity contribution in [2.24, 2.45) is 0 Å². The van der Waals surface area contributed by atoms with Crippen LogP contribution in [-0.4, -0.2) is 30.3 Å². The van der Waals surface area contributed by atoms with Crippen molar-refractivity contribution in [2.75, 3.05) is 0 Å². The number of fused-ring (bicyclic) bond motifs is 2. The summed E-state index contributed by atoms with van der Waals surface area (Å²) in [7, 11) is 0. The molecule has 154 valence electrons. The molecule has 1 aliphatic heterocycles. The van der Waals surface area contributed by atoms with E-state index in [2.05, 4.69) is 45.0 Å². The van der Waals surface area contributed by atoms with Gasteiger partial charge < -0.3 is 0 Å². The van der Waals surface area contributed by atoms with E-state index in [1.165, 1.54) is 57.4 Å². The van der Waals surface area contributed by atoms with Crippen molar-refractivity contribution in [1.82, 2.24) is 0 Å². The fraction of sp³-hybridized carbons (Fsp3) is 0.640. The van der Waals surface area contributed by atoms with Crippen LogP contribution in [0.1, 0.15) is 84.1 Å². The third-order valence-corrected chi connectivity index (χ3v) is 22.4. The molecule has 0 saturated heterocycles. The van der Waals surface area contributed by atoms with Gasteiger partial charge in [0.15, 0.2) is 0 Å². The van der Waals surface area contributed by atoms with Gasteiger partial charge in [-0.05, 0) is 0 Å². The summed E-state index contributed by atoms with van der Waals surface area (Å²) in [6, 6.07) is 7.09. The zero-order chi connectivity index (χ0) is 20.0. The number of carbonyl (C=O) groups is 1. The van der Waals surface area contributed by atoms with Crippen LogP contribution in [0.15, 0.2) is 23.8 Å². The first-order valence-electron chi connectivity index (χ1n) is 11.7. The van der Waals surface area contributed by atoms with Gasteiger partial charge in [0.2, 0.25) is 0 Å². The third-order valence-electron chi connectivity index (χ3n) is 6.77. The van der Waals surface area contributed by atoms with Gasteiger partial charge >= 0.3 is 176 Å². The number of carbonyl (C=O) groups excluding carboxylic acids is 1. The number of Topliss-reactive ketones (excluding diaryl/α,β-unsaturated/α-hetero) is 1.